The van der Waals surface area contributed by atoms with Crippen LogP contribution in [0.2, 0.25) is 0 Å². The van der Waals surface area contributed by atoms with Gasteiger partial charge in [0.05, 0.1) is 6.04 Å². The largest absolute Gasteiger partial charge is 0.365 e. The van der Waals surface area contributed by atoms with Crippen LogP contribution in [0.5, 0.6) is 0 Å². The molecule has 2 aliphatic rings. The molecule has 4 rings (SSSR count). The fourth-order valence-electron chi connectivity index (χ4n) is 4.20. The third-order valence-corrected chi connectivity index (χ3v) is 5.50. The Morgan fingerprint density at radius 3 is 2.60 bits per heavy atom. The summed E-state index contributed by atoms with van der Waals surface area (Å²) in [5, 5.41) is 0. The van der Waals surface area contributed by atoms with Crippen molar-refractivity contribution in [3.8, 4) is 0 Å². The standard InChI is InChI=1S/C23H24FN/c24-20-11-13-21(14-12-20)25-17-16-19-8-4-5-9-22(19)23(25)15-10-18-6-2-1-3-7-18/h1-7,9,11-14,19,23H,8,10,15-17H2. The molecule has 1 saturated heterocycles. The summed E-state index contributed by atoms with van der Waals surface area (Å²) in [6.45, 7) is 1.04. The molecular formula is C23H24FN. The van der Waals surface area contributed by atoms with Gasteiger partial charge in [0.2, 0.25) is 0 Å². The number of hydrogen-bond acceptors (Lipinski definition) is 1. The van der Waals surface area contributed by atoms with E-state index in [-0.39, 0.29) is 5.82 Å². The van der Waals surface area contributed by atoms with Gasteiger partial charge in [0, 0.05) is 12.2 Å². The maximum Gasteiger partial charge on any atom is 0.123 e. The Labute approximate surface area is 149 Å². The van der Waals surface area contributed by atoms with Crippen molar-refractivity contribution in [1.82, 2.24) is 0 Å². The molecule has 1 nitrogen and oxygen atoms in total. The zero-order valence-electron chi connectivity index (χ0n) is 14.4. The second kappa shape index (κ2) is 7.26. The zero-order chi connectivity index (χ0) is 17.1. The summed E-state index contributed by atoms with van der Waals surface area (Å²) in [5.74, 6) is 0.502. The maximum atomic E-state index is 13.4. The molecular weight excluding hydrogens is 309 g/mol. The zero-order valence-corrected chi connectivity index (χ0v) is 14.4. The number of benzene rings is 2. The summed E-state index contributed by atoms with van der Waals surface area (Å²) in [4.78, 5) is 2.48. The lowest BCUT2D eigenvalue weighted by molar-refractivity contribution is 0.427. The minimum atomic E-state index is -0.167. The molecule has 0 aromatic heterocycles. The molecule has 2 aromatic rings. The molecule has 1 aliphatic carbocycles. The van der Waals surface area contributed by atoms with Gasteiger partial charge in [-0.05, 0) is 67.0 Å². The molecule has 0 radical (unpaired) electrons. The first-order chi connectivity index (χ1) is 12.3. The minimum Gasteiger partial charge on any atom is -0.365 e. The van der Waals surface area contributed by atoms with Crippen LogP contribution in [0, 0.1) is 11.7 Å². The summed E-state index contributed by atoms with van der Waals surface area (Å²) < 4.78 is 13.4. The van der Waals surface area contributed by atoms with Crippen LogP contribution >= 0.6 is 0 Å². The van der Waals surface area contributed by atoms with Crippen molar-refractivity contribution < 1.29 is 4.39 Å². The first-order valence-electron chi connectivity index (χ1n) is 9.24. The van der Waals surface area contributed by atoms with Crippen LogP contribution in [0.1, 0.15) is 24.8 Å². The molecule has 0 N–H and O–H groups in total. The van der Waals surface area contributed by atoms with Gasteiger partial charge >= 0.3 is 0 Å². The van der Waals surface area contributed by atoms with Crippen LogP contribution < -0.4 is 4.90 Å². The monoisotopic (exact) mass is 333 g/mol. The Kier molecular flexibility index (Phi) is 4.69. The Hall–Kier alpha value is -2.35. The smallest absolute Gasteiger partial charge is 0.123 e. The Balaban J connectivity index is 1.61. The first-order valence-corrected chi connectivity index (χ1v) is 9.24. The Bertz CT molecular complexity index is 760. The van der Waals surface area contributed by atoms with E-state index in [1.807, 2.05) is 12.1 Å². The van der Waals surface area contributed by atoms with Gasteiger partial charge in [-0.2, -0.15) is 0 Å². The molecule has 2 heteroatoms. The second-order valence-corrected chi connectivity index (χ2v) is 7.03. The number of piperidine rings is 1. The number of allylic oxidation sites excluding steroid dienone is 3. The van der Waals surface area contributed by atoms with Gasteiger partial charge in [-0.15, -0.1) is 0 Å². The van der Waals surface area contributed by atoms with E-state index in [0.29, 0.717) is 12.0 Å². The molecule has 1 aliphatic heterocycles. The number of halogens is 1. The van der Waals surface area contributed by atoms with Gasteiger partial charge in [0.1, 0.15) is 5.82 Å². The van der Waals surface area contributed by atoms with E-state index in [4.69, 9.17) is 0 Å². The molecule has 25 heavy (non-hydrogen) atoms. The van der Waals surface area contributed by atoms with Crippen LogP contribution in [0.3, 0.4) is 0 Å². The van der Waals surface area contributed by atoms with Crippen molar-refractivity contribution in [2.45, 2.75) is 31.7 Å². The first kappa shape index (κ1) is 16.1. The molecule has 1 fully saturated rings. The number of rotatable bonds is 4. The topological polar surface area (TPSA) is 3.24 Å². The Morgan fingerprint density at radius 1 is 1.00 bits per heavy atom. The maximum absolute atomic E-state index is 13.4. The third kappa shape index (κ3) is 3.53. The highest BCUT2D eigenvalue weighted by atomic mass is 19.1. The van der Waals surface area contributed by atoms with Crippen molar-refractivity contribution in [3.05, 3.63) is 89.8 Å². The lowest BCUT2D eigenvalue weighted by Gasteiger charge is -2.44. The van der Waals surface area contributed by atoms with E-state index < -0.39 is 0 Å². The van der Waals surface area contributed by atoms with Crippen LogP contribution in [-0.4, -0.2) is 12.6 Å². The van der Waals surface area contributed by atoms with E-state index in [2.05, 4.69) is 53.5 Å². The summed E-state index contributed by atoms with van der Waals surface area (Å²) in [7, 11) is 0. The van der Waals surface area contributed by atoms with E-state index in [9.17, 15) is 4.39 Å². The van der Waals surface area contributed by atoms with Gasteiger partial charge in [0.15, 0.2) is 0 Å². The Morgan fingerprint density at radius 2 is 1.80 bits per heavy atom. The third-order valence-electron chi connectivity index (χ3n) is 5.50. The van der Waals surface area contributed by atoms with Crippen molar-refractivity contribution >= 4 is 5.69 Å². The lowest BCUT2D eigenvalue weighted by Crippen LogP contribution is -2.45. The molecule has 2 aromatic carbocycles. The predicted molar refractivity (Wildman–Crippen MR) is 102 cm³/mol. The molecule has 128 valence electrons. The van der Waals surface area contributed by atoms with Crippen molar-refractivity contribution in [3.63, 3.8) is 0 Å². The van der Waals surface area contributed by atoms with Crippen LogP contribution in [0.15, 0.2) is 78.4 Å². The summed E-state index contributed by atoms with van der Waals surface area (Å²) in [6, 6.07) is 18.1. The highest BCUT2D eigenvalue weighted by Gasteiger charge is 2.33. The number of anilines is 1. The molecule has 1 heterocycles. The molecule has 0 amide bonds. The van der Waals surface area contributed by atoms with E-state index in [1.54, 1.807) is 17.7 Å². The normalized spacial score (nSPS) is 22.4. The van der Waals surface area contributed by atoms with Crippen molar-refractivity contribution in [2.75, 3.05) is 11.4 Å². The molecule has 0 saturated carbocycles. The minimum absolute atomic E-state index is 0.167. The predicted octanol–water partition coefficient (Wildman–Crippen LogP) is 5.54. The second-order valence-electron chi connectivity index (χ2n) is 7.03. The van der Waals surface area contributed by atoms with E-state index >= 15 is 0 Å². The van der Waals surface area contributed by atoms with E-state index in [0.717, 1.165) is 31.5 Å². The summed E-state index contributed by atoms with van der Waals surface area (Å²) >= 11 is 0. The molecule has 0 spiro atoms. The molecule has 2 unspecified atom stereocenters. The highest BCUT2D eigenvalue weighted by molar-refractivity contribution is 5.51. The van der Waals surface area contributed by atoms with Crippen LogP contribution in [0.4, 0.5) is 10.1 Å². The molecule has 0 bridgehead atoms. The lowest BCUT2D eigenvalue weighted by atomic mass is 9.78. The number of aryl methyl sites for hydroxylation is 1. The summed E-state index contributed by atoms with van der Waals surface area (Å²) in [6.07, 6.45) is 11.3. The fraction of sp³-hybridized carbons (Fsp3) is 0.304. The van der Waals surface area contributed by atoms with Gasteiger partial charge in [-0.1, -0.05) is 48.6 Å². The quantitative estimate of drug-likeness (QED) is 0.710. The van der Waals surface area contributed by atoms with E-state index in [1.165, 1.54) is 12.0 Å². The van der Waals surface area contributed by atoms with Crippen molar-refractivity contribution in [1.29, 1.82) is 0 Å². The SMILES string of the molecule is Fc1ccc(N2CCC3CC=CC=C3C2CCc2ccccc2)cc1. The van der Waals surface area contributed by atoms with Crippen LogP contribution in [0.25, 0.3) is 0 Å². The van der Waals surface area contributed by atoms with Gasteiger partial charge < -0.3 is 4.90 Å². The number of hydrogen-bond donors (Lipinski definition) is 0. The van der Waals surface area contributed by atoms with Gasteiger partial charge in [-0.3, -0.25) is 0 Å². The number of nitrogens with zero attached hydrogens (tertiary/aromatic N) is 1. The van der Waals surface area contributed by atoms with Crippen LogP contribution in [-0.2, 0) is 6.42 Å². The fourth-order valence-corrected chi connectivity index (χ4v) is 4.20. The highest BCUT2D eigenvalue weighted by Crippen LogP contribution is 2.38. The average molecular weight is 333 g/mol. The summed E-state index contributed by atoms with van der Waals surface area (Å²) in [5.41, 5.74) is 4.07. The van der Waals surface area contributed by atoms with Gasteiger partial charge in [-0.25, -0.2) is 4.39 Å². The average Bonchev–Trinajstić information content (AvgIpc) is 2.67. The molecule has 2 atom stereocenters. The van der Waals surface area contributed by atoms with Gasteiger partial charge in [0.25, 0.3) is 0 Å². The van der Waals surface area contributed by atoms with Crippen molar-refractivity contribution in [2.24, 2.45) is 5.92 Å². The number of fused-ring (bicyclic) bond motifs is 1.